The second kappa shape index (κ2) is 8.78. The van der Waals surface area contributed by atoms with Gasteiger partial charge in [-0.1, -0.05) is 18.7 Å². The Labute approximate surface area is 80.8 Å². The Bertz CT molecular complexity index is 202. The van der Waals surface area contributed by atoms with E-state index < -0.39 is 0 Å². The molecule has 0 aliphatic heterocycles. The van der Waals surface area contributed by atoms with Crippen LogP contribution in [0.3, 0.4) is 0 Å². The van der Waals surface area contributed by atoms with Crippen molar-refractivity contribution in [3.05, 3.63) is 37.1 Å². The first kappa shape index (κ1) is 11.7. The van der Waals surface area contributed by atoms with Gasteiger partial charge in [0.15, 0.2) is 0 Å². The van der Waals surface area contributed by atoms with Gasteiger partial charge in [-0.3, -0.25) is 4.99 Å². The fraction of sp³-hybridized carbons (Fsp3) is 0.364. The van der Waals surface area contributed by atoms with Crippen LogP contribution in [0.1, 0.15) is 12.8 Å². The van der Waals surface area contributed by atoms with Gasteiger partial charge in [-0.25, -0.2) is 0 Å². The van der Waals surface area contributed by atoms with E-state index in [9.17, 15) is 0 Å². The molecule has 0 radical (unpaired) electrons. The van der Waals surface area contributed by atoms with Gasteiger partial charge in [-0.05, 0) is 18.9 Å². The van der Waals surface area contributed by atoms with Crippen molar-refractivity contribution in [2.45, 2.75) is 12.8 Å². The summed E-state index contributed by atoms with van der Waals surface area (Å²) in [5.74, 6) is 0. The third-order valence-corrected chi connectivity index (χ3v) is 1.48. The summed E-state index contributed by atoms with van der Waals surface area (Å²) in [4.78, 5) is 3.93. The maximum absolute atomic E-state index is 3.93. The molecule has 2 heteroatoms. The van der Waals surface area contributed by atoms with E-state index in [4.69, 9.17) is 0 Å². The van der Waals surface area contributed by atoms with E-state index in [-0.39, 0.29) is 0 Å². The summed E-state index contributed by atoms with van der Waals surface area (Å²) in [6.07, 6.45) is 9.49. The molecule has 0 rings (SSSR count). The zero-order chi connectivity index (χ0) is 9.94. The van der Waals surface area contributed by atoms with Crippen LogP contribution < -0.4 is 5.32 Å². The summed E-state index contributed by atoms with van der Waals surface area (Å²) >= 11 is 0. The molecule has 0 aliphatic rings. The number of hydrogen-bond acceptors (Lipinski definition) is 2. The summed E-state index contributed by atoms with van der Waals surface area (Å²) in [7, 11) is 1.75. The molecule has 0 atom stereocenters. The Kier molecular flexibility index (Phi) is 7.90. The van der Waals surface area contributed by atoms with E-state index in [0.29, 0.717) is 0 Å². The first-order chi connectivity index (χ1) is 6.35. The predicted molar refractivity (Wildman–Crippen MR) is 60.1 cm³/mol. The number of aliphatic imine (C=N–C) groups is 1. The highest BCUT2D eigenvalue weighted by atomic mass is 14.9. The average molecular weight is 178 g/mol. The smallest absolute Gasteiger partial charge is 0.0521 e. The maximum atomic E-state index is 3.93. The topological polar surface area (TPSA) is 24.4 Å². The van der Waals surface area contributed by atoms with Crippen LogP contribution in [0.2, 0.25) is 0 Å². The molecule has 0 saturated carbocycles. The third-order valence-electron chi connectivity index (χ3n) is 1.48. The molecule has 0 spiro atoms. The molecule has 0 aromatic rings. The summed E-state index contributed by atoms with van der Waals surface area (Å²) < 4.78 is 0. The predicted octanol–water partition coefficient (Wildman–Crippen LogP) is 2.31. The van der Waals surface area contributed by atoms with Crippen molar-refractivity contribution in [2.24, 2.45) is 4.99 Å². The molecule has 0 aromatic carbocycles. The molecule has 0 heterocycles. The lowest BCUT2D eigenvalue weighted by atomic mass is 10.3. The molecule has 13 heavy (non-hydrogen) atoms. The molecule has 0 unspecified atom stereocenters. The fourth-order valence-corrected chi connectivity index (χ4v) is 0.893. The van der Waals surface area contributed by atoms with Crippen LogP contribution in [-0.4, -0.2) is 19.8 Å². The lowest BCUT2D eigenvalue weighted by Crippen LogP contribution is -2.15. The average Bonchev–Trinajstić information content (AvgIpc) is 2.13. The van der Waals surface area contributed by atoms with Gasteiger partial charge in [0, 0.05) is 19.8 Å². The quantitative estimate of drug-likeness (QED) is 0.275. The van der Waals surface area contributed by atoms with Crippen LogP contribution in [-0.2, 0) is 0 Å². The van der Waals surface area contributed by atoms with E-state index in [2.05, 4.69) is 23.5 Å². The Morgan fingerprint density at radius 2 is 2.23 bits per heavy atom. The lowest BCUT2D eigenvalue weighted by molar-refractivity contribution is 0.753. The molecule has 0 amide bonds. The Hall–Kier alpha value is -1.31. The monoisotopic (exact) mass is 178 g/mol. The zero-order valence-electron chi connectivity index (χ0n) is 8.29. The van der Waals surface area contributed by atoms with Gasteiger partial charge in [0.25, 0.3) is 0 Å². The minimum Gasteiger partial charge on any atom is -0.384 e. The molecule has 2 nitrogen and oxygen atoms in total. The zero-order valence-corrected chi connectivity index (χ0v) is 8.29. The molecule has 1 N–H and O–H groups in total. The summed E-state index contributed by atoms with van der Waals surface area (Å²) in [6.45, 7) is 8.24. The highest BCUT2D eigenvalue weighted by Crippen LogP contribution is 1.90. The molecular weight excluding hydrogens is 160 g/mol. The van der Waals surface area contributed by atoms with E-state index in [1.165, 1.54) is 0 Å². The first-order valence-electron chi connectivity index (χ1n) is 4.44. The van der Waals surface area contributed by atoms with Gasteiger partial charge in [0.1, 0.15) is 0 Å². The van der Waals surface area contributed by atoms with Crippen molar-refractivity contribution < 1.29 is 0 Å². The molecule has 72 valence electrons. The van der Waals surface area contributed by atoms with Gasteiger partial charge in [-0.15, -0.1) is 6.58 Å². The van der Waals surface area contributed by atoms with Crippen molar-refractivity contribution in [3.63, 3.8) is 0 Å². The van der Waals surface area contributed by atoms with Crippen molar-refractivity contribution in [1.82, 2.24) is 5.32 Å². The number of rotatable bonds is 7. The molecule has 0 aliphatic carbocycles. The number of hydrogen-bond donors (Lipinski definition) is 1. The van der Waals surface area contributed by atoms with Crippen LogP contribution in [0, 0.1) is 0 Å². The number of nitrogens with zero attached hydrogens (tertiary/aromatic N) is 1. The van der Waals surface area contributed by atoms with E-state index in [0.717, 1.165) is 25.1 Å². The van der Waals surface area contributed by atoms with Crippen molar-refractivity contribution in [3.8, 4) is 0 Å². The number of nitrogens with one attached hydrogen (secondary N) is 1. The van der Waals surface area contributed by atoms with E-state index >= 15 is 0 Å². The molecular formula is C11H18N2. The Balaban J connectivity index is 3.76. The second-order valence-electron chi connectivity index (χ2n) is 2.60. The van der Waals surface area contributed by atoms with Crippen molar-refractivity contribution in [2.75, 3.05) is 13.6 Å². The molecule has 0 bridgehead atoms. The van der Waals surface area contributed by atoms with Crippen molar-refractivity contribution in [1.29, 1.82) is 0 Å². The van der Waals surface area contributed by atoms with Crippen LogP contribution in [0.15, 0.2) is 42.1 Å². The van der Waals surface area contributed by atoms with Gasteiger partial charge in [-0.2, -0.15) is 0 Å². The standard InChI is InChI=1S/C11H18N2/c1-4-6-7-9-13-11(8-5-2)10-12-3/h4-5,8,10,13H,1-2,6-7,9H2,3H3/b11-8+,12-10?. The van der Waals surface area contributed by atoms with Crippen LogP contribution in [0.25, 0.3) is 0 Å². The minimum absolute atomic E-state index is 0.942. The van der Waals surface area contributed by atoms with Gasteiger partial charge >= 0.3 is 0 Å². The van der Waals surface area contributed by atoms with Crippen molar-refractivity contribution >= 4 is 6.21 Å². The highest BCUT2D eigenvalue weighted by Gasteiger charge is 1.88. The molecule has 0 fully saturated rings. The van der Waals surface area contributed by atoms with Gasteiger partial charge in [0.2, 0.25) is 0 Å². The van der Waals surface area contributed by atoms with Gasteiger partial charge < -0.3 is 5.32 Å². The molecule has 0 aromatic heterocycles. The lowest BCUT2D eigenvalue weighted by Gasteiger charge is -2.04. The number of allylic oxidation sites excluding steroid dienone is 4. The Morgan fingerprint density at radius 1 is 1.46 bits per heavy atom. The maximum Gasteiger partial charge on any atom is 0.0521 e. The summed E-state index contributed by atoms with van der Waals surface area (Å²) in [6, 6.07) is 0. The largest absolute Gasteiger partial charge is 0.384 e. The second-order valence-corrected chi connectivity index (χ2v) is 2.60. The first-order valence-corrected chi connectivity index (χ1v) is 4.44. The minimum atomic E-state index is 0.942. The van der Waals surface area contributed by atoms with E-state index in [1.807, 2.05) is 12.2 Å². The number of unbranched alkanes of at least 4 members (excludes halogenated alkanes) is 1. The van der Waals surface area contributed by atoms with Crippen LogP contribution >= 0.6 is 0 Å². The Morgan fingerprint density at radius 3 is 2.77 bits per heavy atom. The third kappa shape index (κ3) is 7.06. The van der Waals surface area contributed by atoms with E-state index in [1.54, 1.807) is 19.3 Å². The summed E-state index contributed by atoms with van der Waals surface area (Å²) in [5, 5.41) is 3.25. The van der Waals surface area contributed by atoms with Crippen LogP contribution in [0.4, 0.5) is 0 Å². The SMILES string of the molecule is C=C/C=C(\C=NC)NCCCC=C. The highest BCUT2D eigenvalue weighted by molar-refractivity contribution is 5.77. The van der Waals surface area contributed by atoms with Crippen LogP contribution in [0.5, 0.6) is 0 Å². The van der Waals surface area contributed by atoms with Gasteiger partial charge in [0.05, 0.1) is 5.70 Å². The summed E-state index contributed by atoms with van der Waals surface area (Å²) in [5.41, 5.74) is 1.00. The fourth-order valence-electron chi connectivity index (χ4n) is 0.893. The normalized spacial score (nSPS) is 11.6. The molecule has 0 saturated heterocycles.